The lowest BCUT2D eigenvalue weighted by atomic mass is 9.73. The van der Waals surface area contributed by atoms with Crippen LogP contribution in [0.2, 0.25) is 0 Å². The highest BCUT2D eigenvalue weighted by Gasteiger charge is 2.46. The number of aliphatic hydroxyl groups is 1. The Morgan fingerprint density at radius 2 is 2.05 bits per heavy atom. The zero-order valence-corrected chi connectivity index (χ0v) is 11.7. The number of aromatic nitrogens is 1. The lowest BCUT2D eigenvalue weighted by Gasteiger charge is -2.50. The number of hydrogen-bond donors (Lipinski definition) is 1. The number of methoxy groups -OCH3 is 1. The zero-order chi connectivity index (χ0) is 13.5. The molecule has 0 amide bonds. The fourth-order valence-electron chi connectivity index (χ4n) is 3.78. The fourth-order valence-corrected chi connectivity index (χ4v) is 3.78. The standard InChI is InChI=1S/C15H22N2O2/c1-17-11-5-3-6-12(17)10-15(18,9-11)13-7-4-8-16-14(13)19-2/h4,7-8,11-12,18H,3,5-6,9-10H2,1-2H3. The molecule has 4 heteroatoms. The average Bonchev–Trinajstić information content (AvgIpc) is 2.41. The highest BCUT2D eigenvalue weighted by atomic mass is 16.5. The number of fused-ring (bicyclic) bond motifs is 2. The minimum atomic E-state index is -0.790. The normalized spacial score (nSPS) is 35.1. The highest BCUT2D eigenvalue weighted by molar-refractivity contribution is 5.33. The van der Waals surface area contributed by atoms with Crippen LogP contribution in [0.15, 0.2) is 18.3 Å². The minimum Gasteiger partial charge on any atom is -0.481 e. The van der Waals surface area contributed by atoms with Crippen LogP contribution in [-0.4, -0.2) is 41.2 Å². The van der Waals surface area contributed by atoms with Crippen molar-refractivity contribution < 1.29 is 9.84 Å². The van der Waals surface area contributed by atoms with E-state index >= 15 is 0 Å². The van der Waals surface area contributed by atoms with Crippen molar-refractivity contribution in [2.45, 2.75) is 49.8 Å². The smallest absolute Gasteiger partial charge is 0.219 e. The van der Waals surface area contributed by atoms with Crippen LogP contribution in [0.5, 0.6) is 5.88 Å². The molecule has 2 atom stereocenters. The summed E-state index contributed by atoms with van der Waals surface area (Å²) in [7, 11) is 3.81. The predicted molar refractivity (Wildman–Crippen MR) is 73.1 cm³/mol. The Hall–Kier alpha value is -1.13. The van der Waals surface area contributed by atoms with Crippen molar-refractivity contribution >= 4 is 0 Å². The van der Waals surface area contributed by atoms with Crippen molar-refractivity contribution in [1.29, 1.82) is 0 Å². The van der Waals surface area contributed by atoms with E-state index in [1.807, 2.05) is 12.1 Å². The summed E-state index contributed by atoms with van der Waals surface area (Å²) in [6.07, 6.45) is 6.90. The van der Waals surface area contributed by atoms with Crippen LogP contribution < -0.4 is 4.74 Å². The molecular formula is C15H22N2O2. The average molecular weight is 262 g/mol. The van der Waals surface area contributed by atoms with E-state index in [1.54, 1.807) is 13.3 Å². The molecule has 3 rings (SSSR count). The summed E-state index contributed by atoms with van der Waals surface area (Å²) in [5.74, 6) is 0.563. The summed E-state index contributed by atoms with van der Waals surface area (Å²) >= 11 is 0. The largest absolute Gasteiger partial charge is 0.481 e. The molecular weight excluding hydrogens is 240 g/mol. The molecule has 0 saturated carbocycles. The van der Waals surface area contributed by atoms with Gasteiger partial charge < -0.3 is 14.7 Å². The third kappa shape index (κ3) is 2.13. The van der Waals surface area contributed by atoms with Gasteiger partial charge in [-0.2, -0.15) is 0 Å². The summed E-state index contributed by atoms with van der Waals surface area (Å²) in [5, 5.41) is 11.1. The van der Waals surface area contributed by atoms with Crippen LogP contribution in [0, 0.1) is 0 Å². The zero-order valence-electron chi connectivity index (χ0n) is 11.7. The molecule has 4 nitrogen and oxygen atoms in total. The van der Waals surface area contributed by atoms with Crippen LogP contribution in [0.3, 0.4) is 0 Å². The molecule has 1 N–H and O–H groups in total. The van der Waals surface area contributed by atoms with E-state index in [2.05, 4.69) is 16.9 Å². The van der Waals surface area contributed by atoms with Gasteiger partial charge in [0, 0.05) is 23.8 Å². The lowest BCUT2D eigenvalue weighted by molar-refractivity contribution is -0.0886. The Morgan fingerprint density at radius 1 is 1.37 bits per heavy atom. The molecule has 2 aliphatic heterocycles. The lowest BCUT2D eigenvalue weighted by Crippen LogP contribution is -2.55. The Morgan fingerprint density at radius 3 is 2.68 bits per heavy atom. The molecule has 1 aromatic rings. The molecule has 3 heterocycles. The van der Waals surface area contributed by atoms with Crippen LogP contribution in [0.4, 0.5) is 0 Å². The summed E-state index contributed by atoms with van der Waals surface area (Å²) < 4.78 is 5.33. The number of piperidine rings is 2. The highest BCUT2D eigenvalue weighted by Crippen LogP contribution is 2.45. The van der Waals surface area contributed by atoms with Crippen molar-refractivity contribution in [3.05, 3.63) is 23.9 Å². The Labute approximate surface area is 114 Å². The first-order valence-corrected chi connectivity index (χ1v) is 7.08. The summed E-state index contributed by atoms with van der Waals surface area (Å²) in [4.78, 5) is 6.68. The van der Waals surface area contributed by atoms with Crippen molar-refractivity contribution in [2.24, 2.45) is 0 Å². The van der Waals surface area contributed by atoms with Crippen LogP contribution >= 0.6 is 0 Å². The van der Waals surface area contributed by atoms with E-state index in [0.717, 1.165) is 18.4 Å². The van der Waals surface area contributed by atoms with E-state index < -0.39 is 5.60 Å². The Kier molecular flexibility index (Phi) is 3.23. The number of rotatable bonds is 2. The van der Waals surface area contributed by atoms with Gasteiger partial charge in [0.2, 0.25) is 5.88 Å². The monoisotopic (exact) mass is 262 g/mol. The van der Waals surface area contributed by atoms with Gasteiger partial charge in [0.05, 0.1) is 12.7 Å². The fraction of sp³-hybridized carbons (Fsp3) is 0.667. The van der Waals surface area contributed by atoms with Gasteiger partial charge in [-0.05, 0) is 44.9 Å². The topological polar surface area (TPSA) is 45.6 Å². The maximum atomic E-state index is 11.1. The van der Waals surface area contributed by atoms with Crippen molar-refractivity contribution in [1.82, 2.24) is 9.88 Å². The summed E-state index contributed by atoms with van der Waals surface area (Å²) in [5.41, 5.74) is 0.0597. The van der Waals surface area contributed by atoms with Crippen molar-refractivity contribution in [3.63, 3.8) is 0 Å². The van der Waals surface area contributed by atoms with Gasteiger partial charge in [-0.3, -0.25) is 0 Å². The van der Waals surface area contributed by atoms with Gasteiger partial charge >= 0.3 is 0 Å². The van der Waals surface area contributed by atoms with E-state index in [4.69, 9.17) is 4.74 Å². The third-order valence-corrected chi connectivity index (χ3v) is 4.84. The van der Waals surface area contributed by atoms with Crippen LogP contribution in [0.1, 0.15) is 37.7 Å². The van der Waals surface area contributed by atoms with Crippen molar-refractivity contribution in [3.8, 4) is 5.88 Å². The maximum absolute atomic E-state index is 11.1. The molecule has 2 bridgehead atoms. The van der Waals surface area contributed by atoms with E-state index in [9.17, 15) is 5.11 Å². The predicted octanol–water partition coefficient (Wildman–Crippen LogP) is 1.92. The quantitative estimate of drug-likeness (QED) is 0.884. The van der Waals surface area contributed by atoms with Gasteiger partial charge in [-0.25, -0.2) is 4.98 Å². The first kappa shape index (κ1) is 12.9. The molecule has 2 fully saturated rings. The first-order valence-electron chi connectivity index (χ1n) is 7.08. The second-order valence-corrected chi connectivity index (χ2v) is 5.90. The van der Waals surface area contributed by atoms with E-state index in [1.165, 1.54) is 19.3 Å². The van der Waals surface area contributed by atoms with Gasteiger partial charge in [-0.1, -0.05) is 6.42 Å². The van der Waals surface area contributed by atoms with Gasteiger partial charge in [0.25, 0.3) is 0 Å². The van der Waals surface area contributed by atoms with Gasteiger partial charge in [0.1, 0.15) is 0 Å². The molecule has 104 valence electrons. The number of nitrogens with zero attached hydrogens (tertiary/aromatic N) is 2. The third-order valence-electron chi connectivity index (χ3n) is 4.84. The van der Waals surface area contributed by atoms with Gasteiger partial charge in [0.15, 0.2) is 0 Å². The molecule has 19 heavy (non-hydrogen) atoms. The molecule has 0 aliphatic carbocycles. The SMILES string of the molecule is COc1ncccc1C1(O)CC2CCCC(C1)N2C. The molecule has 0 aromatic carbocycles. The second kappa shape index (κ2) is 4.76. The number of pyridine rings is 1. The van der Waals surface area contributed by atoms with Crippen molar-refractivity contribution in [2.75, 3.05) is 14.2 Å². The molecule has 0 spiro atoms. The molecule has 0 radical (unpaired) electrons. The Balaban J connectivity index is 1.95. The van der Waals surface area contributed by atoms with E-state index in [-0.39, 0.29) is 0 Å². The van der Waals surface area contributed by atoms with E-state index in [0.29, 0.717) is 18.0 Å². The number of hydrogen-bond acceptors (Lipinski definition) is 4. The Bertz CT molecular complexity index is 449. The molecule has 2 unspecified atom stereocenters. The number of ether oxygens (including phenoxy) is 1. The molecule has 1 aromatic heterocycles. The molecule has 2 saturated heterocycles. The molecule has 2 aliphatic rings. The second-order valence-electron chi connectivity index (χ2n) is 5.90. The maximum Gasteiger partial charge on any atom is 0.219 e. The van der Waals surface area contributed by atoms with Crippen LogP contribution in [0.25, 0.3) is 0 Å². The summed E-state index contributed by atoms with van der Waals surface area (Å²) in [6.45, 7) is 0. The summed E-state index contributed by atoms with van der Waals surface area (Å²) in [6, 6.07) is 4.78. The van der Waals surface area contributed by atoms with Crippen LogP contribution in [-0.2, 0) is 5.60 Å². The minimum absolute atomic E-state index is 0.474. The first-order chi connectivity index (χ1) is 9.14. The van der Waals surface area contributed by atoms with Gasteiger partial charge in [-0.15, -0.1) is 0 Å².